The molecule has 1 heterocycles. The van der Waals surface area contributed by atoms with E-state index in [1.807, 2.05) is 18.2 Å². The number of hydrogen-bond donors (Lipinski definition) is 1. The summed E-state index contributed by atoms with van der Waals surface area (Å²) in [5.41, 5.74) is 2.18. The van der Waals surface area contributed by atoms with Gasteiger partial charge in [-0.1, -0.05) is 12.1 Å². The third kappa shape index (κ3) is 8.00. The predicted molar refractivity (Wildman–Crippen MR) is 95.0 cm³/mol. The number of nitrogens with one attached hydrogen (secondary N) is 1. The van der Waals surface area contributed by atoms with Crippen molar-refractivity contribution in [3.8, 4) is 11.9 Å². The number of ether oxygens (including phenoxy) is 1. The largest absolute Gasteiger partial charge is 0.468 e. The predicted octanol–water partition coefficient (Wildman–Crippen LogP) is 3.44. The van der Waals surface area contributed by atoms with Crippen LogP contribution in [0.4, 0.5) is 13.2 Å². The monoisotopic (exact) mass is 395 g/mol. The van der Waals surface area contributed by atoms with E-state index in [0.717, 1.165) is 5.56 Å². The molecule has 0 unspecified atom stereocenters. The number of amides is 1. The summed E-state index contributed by atoms with van der Waals surface area (Å²) in [7, 11) is 0. The smallest absolute Gasteiger partial charge is 0.422 e. The number of rotatable bonds is 8. The average Bonchev–Trinajstić information content (AvgIpc) is 2.65. The Morgan fingerprint density at radius 3 is 2.63 bits per heavy atom. The molecule has 0 saturated carbocycles. The minimum absolute atomic E-state index is 0.144. The minimum atomic E-state index is -4.43. The highest BCUT2D eigenvalue weighted by Gasteiger charge is 2.28. The molecule has 27 heavy (non-hydrogen) atoms. The van der Waals surface area contributed by atoms with Gasteiger partial charge in [-0.3, -0.25) is 4.79 Å². The highest BCUT2D eigenvalue weighted by Crippen LogP contribution is 2.17. The Hall–Kier alpha value is -2.73. The Morgan fingerprint density at radius 1 is 1.22 bits per heavy atom. The van der Waals surface area contributed by atoms with Crippen molar-refractivity contribution in [3.63, 3.8) is 0 Å². The third-order valence-corrected chi connectivity index (χ3v) is 4.26. The van der Waals surface area contributed by atoms with E-state index in [4.69, 9.17) is 5.26 Å². The van der Waals surface area contributed by atoms with Crippen LogP contribution >= 0.6 is 11.8 Å². The Labute approximate surface area is 158 Å². The summed E-state index contributed by atoms with van der Waals surface area (Å²) in [4.78, 5) is 15.6. The van der Waals surface area contributed by atoms with Crippen LogP contribution in [-0.4, -0.2) is 29.4 Å². The molecular weight excluding hydrogens is 379 g/mol. The molecule has 0 spiro atoms. The maximum absolute atomic E-state index is 12.1. The van der Waals surface area contributed by atoms with E-state index in [1.165, 1.54) is 24.0 Å². The number of carbonyl (C=O) groups excluding carboxylic acids is 1. The quantitative estimate of drug-likeness (QED) is 0.741. The molecule has 1 amide bonds. The first-order chi connectivity index (χ1) is 12.9. The second kappa shape index (κ2) is 9.83. The second-order valence-electron chi connectivity index (χ2n) is 5.48. The fraction of sp³-hybridized carbons (Fsp3) is 0.278. The van der Waals surface area contributed by atoms with Crippen LogP contribution in [0, 0.1) is 11.3 Å². The van der Waals surface area contributed by atoms with Crippen molar-refractivity contribution in [3.05, 3.63) is 59.3 Å². The van der Waals surface area contributed by atoms with Crippen molar-refractivity contribution in [2.75, 3.05) is 12.4 Å². The normalized spacial score (nSPS) is 10.9. The van der Waals surface area contributed by atoms with Crippen LogP contribution < -0.4 is 10.1 Å². The highest BCUT2D eigenvalue weighted by molar-refractivity contribution is 7.99. The lowest BCUT2D eigenvalue weighted by Crippen LogP contribution is -2.24. The van der Waals surface area contributed by atoms with Gasteiger partial charge in [0.05, 0.1) is 17.4 Å². The van der Waals surface area contributed by atoms with Crippen LogP contribution in [0.15, 0.2) is 42.6 Å². The lowest BCUT2D eigenvalue weighted by atomic mass is 10.2. The number of benzene rings is 1. The molecule has 1 aromatic heterocycles. The van der Waals surface area contributed by atoms with Gasteiger partial charge in [0.2, 0.25) is 11.8 Å². The number of thioether (sulfide) groups is 1. The maximum atomic E-state index is 12.1. The van der Waals surface area contributed by atoms with Crippen LogP contribution in [-0.2, 0) is 17.1 Å². The summed E-state index contributed by atoms with van der Waals surface area (Å²) in [6.07, 6.45) is -3.11. The molecule has 0 bridgehead atoms. The van der Waals surface area contributed by atoms with Gasteiger partial charge in [-0.15, -0.1) is 11.8 Å². The van der Waals surface area contributed by atoms with Gasteiger partial charge in [0, 0.05) is 24.6 Å². The van der Waals surface area contributed by atoms with Crippen LogP contribution in [0.5, 0.6) is 5.88 Å². The zero-order chi connectivity index (χ0) is 19.7. The summed E-state index contributed by atoms with van der Waals surface area (Å²) in [6.45, 7) is -1.25. The Bertz CT molecular complexity index is 805. The van der Waals surface area contributed by atoms with Gasteiger partial charge in [-0.2, -0.15) is 18.4 Å². The number of nitrogens with zero attached hydrogens (tertiary/aromatic N) is 2. The van der Waals surface area contributed by atoms with E-state index < -0.39 is 12.8 Å². The van der Waals surface area contributed by atoms with E-state index in [2.05, 4.69) is 15.0 Å². The van der Waals surface area contributed by atoms with E-state index in [1.54, 1.807) is 18.2 Å². The van der Waals surface area contributed by atoms with Crippen LogP contribution in [0.2, 0.25) is 0 Å². The van der Waals surface area contributed by atoms with E-state index in [0.29, 0.717) is 16.9 Å². The number of alkyl halides is 3. The van der Waals surface area contributed by atoms with Crippen molar-refractivity contribution in [1.29, 1.82) is 5.26 Å². The molecule has 1 aromatic carbocycles. The Kier molecular flexibility index (Phi) is 7.49. The molecule has 1 N–H and O–H groups in total. The summed E-state index contributed by atoms with van der Waals surface area (Å²) in [5.74, 6) is 0.532. The first-order valence-electron chi connectivity index (χ1n) is 7.84. The van der Waals surface area contributed by atoms with E-state index in [9.17, 15) is 18.0 Å². The molecule has 2 aromatic rings. The number of aromatic nitrogens is 1. The van der Waals surface area contributed by atoms with Crippen molar-refractivity contribution in [1.82, 2.24) is 10.3 Å². The summed E-state index contributed by atoms with van der Waals surface area (Å²) in [5, 5.41) is 11.4. The first-order valence-corrected chi connectivity index (χ1v) is 8.99. The minimum Gasteiger partial charge on any atom is -0.468 e. The molecule has 9 heteroatoms. The number of halogens is 3. The van der Waals surface area contributed by atoms with Crippen molar-refractivity contribution in [2.24, 2.45) is 0 Å². The number of carbonyl (C=O) groups is 1. The van der Waals surface area contributed by atoms with Crippen LogP contribution in [0.3, 0.4) is 0 Å². The van der Waals surface area contributed by atoms with Gasteiger partial charge in [0.25, 0.3) is 0 Å². The van der Waals surface area contributed by atoms with Crippen LogP contribution in [0.25, 0.3) is 0 Å². The molecule has 0 aliphatic rings. The number of nitriles is 1. The third-order valence-electron chi connectivity index (χ3n) is 3.26. The Morgan fingerprint density at radius 2 is 1.96 bits per heavy atom. The zero-order valence-electron chi connectivity index (χ0n) is 14.1. The van der Waals surface area contributed by atoms with E-state index >= 15 is 0 Å². The molecule has 0 fully saturated rings. The number of hydrogen-bond acceptors (Lipinski definition) is 5. The average molecular weight is 395 g/mol. The van der Waals surface area contributed by atoms with Gasteiger partial charge in [0.15, 0.2) is 6.61 Å². The molecule has 5 nitrogen and oxygen atoms in total. The molecule has 0 radical (unpaired) electrons. The molecule has 142 valence electrons. The molecule has 0 aliphatic carbocycles. The van der Waals surface area contributed by atoms with Gasteiger partial charge in [-0.05, 0) is 29.3 Å². The number of pyridine rings is 1. The SMILES string of the molecule is N#Cc1ccc(CSCC(=O)NCc2ccnc(OCC(F)(F)F)c2)cc1. The van der Waals surface area contributed by atoms with Gasteiger partial charge < -0.3 is 10.1 Å². The first kappa shape index (κ1) is 20.6. The van der Waals surface area contributed by atoms with Crippen molar-refractivity contribution < 1.29 is 22.7 Å². The highest BCUT2D eigenvalue weighted by atomic mass is 32.2. The van der Waals surface area contributed by atoms with Crippen LogP contribution in [0.1, 0.15) is 16.7 Å². The summed E-state index contributed by atoms with van der Waals surface area (Å²) in [6, 6.07) is 12.1. The maximum Gasteiger partial charge on any atom is 0.422 e. The molecule has 2 rings (SSSR count). The molecular formula is C18H16F3N3O2S. The Balaban J connectivity index is 1.72. The van der Waals surface area contributed by atoms with E-state index in [-0.39, 0.29) is 24.1 Å². The van der Waals surface area contributed by atoms with Gasteiger partial charge in [-0.25, -0.2) is 4.98 Å². The summed E-state index contributed by atoms with van der Waals surface area (Å²) < 4.78 is 41.0. The fourth-order valence-electron chi connectivity index (χ4n) is 1.98. The summed E-state index contributed by atoms with van der Waals surface area (Å²) >= 11 is 1.42. The standard InChI is InChI=1S/C18H16F3N3O2S/c19-18(20,21)12-26-17-7-15(5-6-23-17)9-24-16(25)11-27-10-14-3-1-13(8-22)2-4-14/h1-7H,9-12H2,(H,24,25). The lowest BCUT2D eigenvalue weighted by Gasteiger charge is -2.10. The molecule has 0 aliphatic heterocycles. The zero-order valence-corrected chi connectivity index (χ0v) is 14.9. The fourth-order valence-corrected chi connectivity index (χ4v) is 2.80. The van der Waals surface area contributed by atoms with Gasteiger partial charge in [0.1, 0.15) is 0 Å². The van der Waals surface area contributed by atoms with Crippen molar-refractivity contribution >= 4 is 17.7 Å². The lowest BCUT2D eigenvalue weighted by molar-refractivity contribution is -0.154. The topological polar surface area (TPSA) is 75.0 Å². The molecule has 0 atom stereocenters. The van der Waals surface area contributed by atoms with Crippen molar-refractivity contribution in [2.45, 2.75) is 18.5 Å². The van der Waals surface area contributed by atoms with Gasteiger partial charge >= 0.3 is 6.18 Å². The second-order valence-corrected chi connectivity index (χ2v) is 6.47. The molecule has 0 saturated heterocycles.